The van der Waals surface area contributed by atoms with Crippen LogP contribution in [0.4, 0.5) is 43.9 Å². The zero-order valence-corrected chi connectivity index (χ0v) is 9.06. The predicted octanol–water partition coefficient (Wildman–Crippen LogP) is 4.80. The van der Waals surface area contributed by atoms with Crippen LogP contribution < -0.4 is 0 Å². The third-order valence-electron chi connectivity index (χ3n) is 3.20. The van der Waals surface area contributed by atoms with Crippen LogP contribution in [0.3, 0.4) is 0 Å². The predicted molar refractivity (Wildman–Crippen MR) is 42.8 cm³/mol. The molecule has 114 valence electrons. The van der Waals surface area contributed by atoms with E-state index in [2.05, 4.69) is 0 Å². The molecule has 1 aliphatic rings. The fraction of sp³-hybridized carbons (Fsp3) is 1.00. The maximum atomic E-state index is 13.0. The van der Waals surface area contributed by atoms with E-state index >= 15 is 0 Å². The Morgan fingerprint density at radius 1 is 0.526 bits per heavy atom. The summed E-state index contributed by atoms with van der Waals surface area (Å²) >= 11 is 0. The lowest BCUT2D eigenvalue weighted by atomic mass is 9.84. The number of hydrogen-bond donors (Lipinski definition) is 0. The zero-order chi connectivity index (χ0) is 15.3. The van der Waals surface area contributed by atoms with E-state index in [-0.39, 0.29) is 0 Å². The van der Waals surface area contributed by atoms with Crippen LogP contribution >= 0.6 is 0 Å². The summed E-state index contributed by atoms with van der Waals surface area (Å²) in [5.74, 6) is -17.3. The third-order valence-corrected chi connectivity index (χ3v) is 3.20. The molecule has 19 heavy (non-hydrogen) atoms. The van der Waals surface area contributed by atoms with Gasteiger partial charge in [-0.05, 0) is 12.8 Å². The maximum Gasteiger partial charge on any atom is 0.453 e. The minimum atomic E-state index is -6.15. The average Bonchev–Trinajstić information content (AvgIpc) is 2.62. The van der Waals surface area contributed by atoms with Crippen molar-refractivity contribution in [2.75, 3.05) is 0 Å². The molecule has 2 unspecified atom stereocenters. The van der Waals surface area contributed by atoms with E-state index in [0.29, 0.717) is 0 Å². The molecule has 1 saturated carbocycles. The summed E-state index contributed by atoms with van der Waals surface area (Å²) in [6.07, 6.45) is -14.9. The minimum Gasteiger partial charge on any atom is -0.196 e. The van der Waals surface area contributed by atoms with Crippen LogP contribution in [0.2, 0.25) is 0 Å². The first-order valence-corrected chi connectivity index (χ1v) is 5.12. The Bertz CT molecular complexity index is 293. The molecule has 0 bridgehead atoms. The van der Waals surface area contributed by atoms with Crippen LogP contribution in [0.5, 0.6) is 0 Å². The molecule has 0 aromatic rings. The summed E-state index contributed by atoms with van der Waals surface area (Å²) in [7, 11) is 0. The monoisotopic (exact) mass is 306 g/mol. The smallest absolute Gasteiger partial charge is 0.196 e. The summed E-state index contributed by atoms with van der Waals surface area (Å²) in [5, 5.41) is 0. The molecule has 0 nitrogen and oxygen atoms in total. The lowest BCUT2D eigenvalue weighted by Gasteiger charge is -2.34. The highest BCUT2D eigenvalue weighted by atomic mass is 19.4. The van der Waals surface area contributed by atoms with E-state index in [1.54, 1.807) is 0 Å². The number of hydrogen-bond acceptors (Lipinski definition) is 0. The van der Waals surface area contributed by atoms with Crippen LogP contribution in [0, 0.1) is 11.8 Å². The van der Waals surface area contributed by atoms with Crippen molar-refractivity contribution in [2.45, 2.75) is 43.5 Å². The Kier molecular flexibility index (Phi) is 3.79. The summed E-state index contributed by atoms with van der Waals surface area (Å²) in [5.41, 5.74) is 0. The lowest BCUT2D eigenvalue weighted by molar-refractivity contribution is -0.342. The molecule has 0 spiro atoms. The van der Waals surface area contributed by atoms with Gasteiger partial charge in [0, 0.05) is 11.8 Å². The molecule has 0 N–H and O–H groups in total. The van der Waals surface area contributed by atoms with Crippen molar-refractivity contribution < 1.29 is 43.9 Å². The third kappa shape index (κ3) is 2.62. The van der Waals surface area contributed by atoms with E-state index in [9.17, 15) is 43.9 Å². The van der Waals surface area contributed by atoms with Crippen LogP contribution in [0.1, 0.15) is 19.3 Å². The maximum absolute atomic E-state index is 13.0. The molecule has 2 atom stereocenters. The zero-order valence-electron chi connectivity index (χ0n) is 9.06. The van der Waals surface area contributed by atoms with Crippen molar-refractivity contribution in [3.63, 3.8) is 0 Å². The molecular weight excluding hydrogens is 298 g/mol. The second-order valence-electron chi connectivity index (χ2n) is 4.39. The fourth-order valence-electron chi connectivity index (χ4n) is 2.25. The van der Waals surface area contributed by atoms with E-state index < -0.39 is 55.3 Å². The first-order valence-electron chi connectivity index (χ1n) is 5.12. The molecule has 0 amide bonds. The normalized spacial score (nSPS) is 26.8. The summed E-state index contributed by atoms with van der Waals surface area (Å²) in [4.78, 5) is 0. The Labute approximate surface area is 100 Å². The van der Waals surface area contributed by atoms with Gasteiger partial charge in [0.05, 0.1) is 0 Å². The van der Waals surface area contributed by atoms with E-state index in [4.69, 9.17) is 0 Å². The molecule has 1 aliphatic carbocycles. The van der Waals surface area contributed by atoms with Crippen molar-refractivity contribution in [1.82, 2.24) is 0 Å². The van der Waals surface area contributed by atoms with Crippen molar-refractivity contribution in [2.24, 2.45) is 11.8 Å². The Hall–Kier alpha value is -0.700. The Morgan fingerprint density at radius 3 is 1.00 bits per heavy atom. The van der Waals surface area contributed by atoms with Gasteiger partial charge >= 0.3 is 24.2 Å². The van der Waals surface area contributed by atoms with Gasteiger partial charge in [-0.3, -0.25) is 0 Å². The highest BCUT2D eigenvalue weighted by Gasteiger charge is 2.72. The van der Waals surface area contributed by atoms with Gasteiger partial charge in [0.1, 0.15) is 0 Å². The van der Waals surface area contributed by atoms with Crippen molar-refractivity contribution in [3.8, 4) is 0 Å². The summed E-state index contributed by atoms with van der Waals surface area (Å²) in [6, 6.07) is 0. The Morgan fingerprint density at radius 2 is 0.789 bits per heavy atom. The SMILES string of the molecule is FC(F)(F)C(F)(F)C1CCCC1C(F)(F)C(F)(F)F. The minimum absolute atomic E-state index is 0.535. The first kappa shape index (κ1) is 16.4. The molecule has 0 saturated heterocycles. The topological polar surface area (TPSA) is 0 Å². The van der Waals surface area contributed by atoms with Gasteiger partial charge in [0.2, 0.25) is 0 Å². The average molecular weight is 306 g/mol. The van der Waals surface area contributed by atoms with Gasteiger partial charge < -0.3 is 0 Å². The van der Waals surface area contributed by atoms with Gasteiger partial charge in [-0.2, -0.15) is 43.9 Å². The van der Waals surface area contributed by atoms with Crippen molar-refractivity contribution >= 4 is 0 Å². The van der Waals surface area contributed by atoms with Crippen LogP contribution in [-0.4, -0.2) is 24.2 Å². The second kappa shape index (κ2) is 4.41. The fourth-order valence-corrected chi connectivity index (χ4v) is 2.25. The first-order chi connectivity index (χ1) is 8.23. The van der Waals surface area contributed by atoms with Crippen LogP contribution in [0.25, 0.3) is 0 Å². The lowest BCUT2D eigenvalue weighted by Crippen LogP contribution is -2.52. The van der Waals surface area contributed by atoms with Gasteiger partial charge in [-0.15, -0.1) is 0 Å². The van der Waals surface area contributed by atoms with Crippen molar-refractivity contribution in [3.05, 3.63) is 0 Å². The molecule has 0 aliphatic heterocycles. The number of alkyl halides is 10. The summed E-state index contributed by atoms with van der Waals surface area (Å²) in [6.45, 7) is 0. The number of rotatable bonds is 2. The molecular formula is C9H8F10. The summed E-state index contributed by atoms with van der Waals surface area (Å²) < 4.78 is 124. The Balaban J connectivity index is 3.11. The van der Waals surface area contributed by atoms with E-state index in [1.807, 2.05) is 0 Å². The van der Waals surface area contributed by atoms with Crippen LogP contribution in [0.15, 0.2) is 0 Å². The number of halogens is 10. The highest BCUT2D eigenvalue weighted by Crippen LogP contribution is 2.57. The molecule has 0 aromatic carbocycles. The van der Waals surface area contributed by atoms with Gasteiger partial charge in [0.15, 0.2) is 0 Å². The largest absolute Gasteiger partial charge is 0.453 e. The van der Waals surface area contributed by atoms with E-state index in [1.165, 1.54) is 0 Å². The quantitative estimate of drug-likeness (QED) is 0.643. The van der Waals surface area contributed by atoms with Crippen molar-refractivity contribution in [1.29, 1.82) is 0 Å². The molecule has 10 heteroatoms. The van der Waals surface area contributed by atoms with Gasteiger partial charge in [0.25, 0.3) is 0 Å². The van der Waals surface area contributed by atoms with Gasteiger partial charge in [-0.25, -0.2) is 0 Å². The van der Waals surface area contributed by atoms with Gasteiger partial charge in [-0.1, -0.05) is 6.42 Å². The molecule has 0 radical (unpaired) electrons. The highest BCUT2D eigenvalue weighted by molar-refractivity contribution is 4.99. The van der Waals surface area contributed by atoms with E-state index in [0.717, 1.165) is 0 Å². The standard InChI is InChI=1S/C9H8F10/c10-6(11,8(14,15)16)4-2-1-3-5(4)7(12,13)9(17,18)19/h4-5H,1-3H2. The second-order valence-corrected chi connectivity index (χ2v) is 4.39. The molecule has 1 fully saturated rings. The molecule has 1 rings (SSSR count). The van der Waals surface area contributed by atoms with Crippen LogP contribution in [-0.2, 0) is 0 Å². The molecule has 0 aromatic heterocycles. The molecule has 0 heterocycles.